The monoisotopic (exact) mass is 260 g/mol. The molecule has 102 valence electrons. The van der Waals surface area contributed by atoms with E-state index in [9.17, 15) is 5.11 Å². The van der Waals surface area contributed by atoms with Crippen molar-refractivity contribution in [3.8, 4) is 0 Å². The van der Waals surface area contributed by atoms with Crippen LogP contribution in [0.1, 0.15) is 38.7 Å². The number of fused-ring (bicyclic) bond motifs is 1. The number of aromatic nitrogens is 2. The first-order valence-electron chi connectivity index (χ1n) is 6.82. The van der Waals surface area contributed by atoms with Crippen LogP contribution in [-0.2, 0) is 11.8 Å². The van der Waals surface area contributed by atoms with Gasteiger partial charge in [-0.3, -0.25) is 4.99 Å². The highest BCUT2D eigenvalue weighted by Crippen LogP contribution is 2.36. The number of aliphatic hydroxyl groups is 1. The van der Waals surface area contributed by atoms with Crippen molar-refractivity contribution in [1.29, 1.82) is 0 Å². The zero-order chi connectivity index (χ0) is 13.6. The number of rotatable bonds is 1. The topological polar surface area (TPSA) is 61.6 Å². The molecule has 0 spiro atoms. The van der Waals surface area contributed by atoms with Gasteiger partial charge in [-0.25, -0.2) is 9.97 Å². The summed E-state index contributed by atoms with van der Waals surface area (Å²) in [6.45, 7) is 7.83. The van der Waals surface area contributed by atoms with Crippen molar-refractivity contribution in [3.63, 3.8) is 0 Å². The molecule has 5 nitrogen and oxygen atoms in total. The smallest absolute Gasteiger partial charge is 0.158 e. The van der Waals surface area contributed by atoms with E-state index in [1.54, 1.807) is 0 Å². The normalized spacial score (nSPS) is 22.1. The van der Waals surface area contributed by atoms with E-state index in [1.807, 2.05) is 6.21 Å². The molecule has 2 aliphatic rings. The molecule has 0 radical (unpaired) electrons. The Morgan fingerprint density at radius 3 is 2.74 bits per heavy atom. The van der Waals surface area contributed by atoms with E-state index in [0.29, 0.717) is 6.54 Å². The van der Waals surface area contributed by atoms with Gasteiger partial charge in [-0.05, 0) is 6.42 Å². The lowest BCUT2D eigenvalue weighted by molar-refractivity contribution is 0.198. The summed E-state index contributed by atoms with van der Waals surface area (Å²) >= 11 is 0. The highest BCUT2D eigenvalue weighted by Gasteiger charge is 2.29. The Bertz CT molecular complexity index is 533. The molecule has 0 aromatic carbocycles. The minimum Gasteiger partial charge on any atom is -0.391 e. The van der Waals surface area contributed by atoms with E-state index in [1.165, 1.54) is 0 Å². The molecule has 1 saturated heterocycles. The molecule has 3 rings (SSSR count). The fourth-order valence-electron chi connectivity index (χ4n) is 2.48. The minimum atomic E-state index is -0.255. The largest absolute Gasteiger partial charge is 0.391 e. The fraction of sp³-hybridized carbons (Fsp3) is 0.643. The number of hydrogen-bond donors (Lipinski definition) is 1. The second kappa shape index (κ2) is 4.27. The van der Waals surface area contributed by atoms with Crippen molar-refractivity contribution in [2.24, 2.45) is 4.99 Å². The molecule has 1 atom stereocenters. The van der Waals surface area contributed by atoms with E-state index in [2.05, 4.69) is 35.6 Å². The van der Waals surface area contributed by atoms with Crippen LogP contribution in [0.4, 0.5) is 11.5 Å². The lowest BCUT2D eigenvalue weighted by atomic mass is 9.95. The van der Waals surface area contributed by atoms with Crippen molar-refractivity contribution < 1.29 is 5.11 Å². The van der Waals surface area contributed by atoms with Crippen molar-refractivity contribution in [2.75, 3.05) is 18.0 Å². The van der Waals surface area contributed by atoms with Crippen LogP contribution in [0.3, 0.4) is 0 Å². The third-order valence-electron chi connectivity index (χ3n) is 3.58. The molecule has 0 aliphatic carbocycles. The van der Waals surface area contributed by atoms with Crippen molar-refractivity contribution in [3.05, 3.63) is 11.5 Å². The molecule has 19 heavy (non-hydrogen) atoms. The summed E-state index contributed by atoms with van der Waals surface area (Å²) in [6.07, 6.45) is 3.22. The van der Waals surface area contributed by atoms with E-state index in [-0.39, 0.29) is 11.5 Å². The first-order valence-corrected chi connectivity index (χ1v) is 6.82. The second-order valence-electron chi connectivity index (χ2n) is 6.32. The predicted octanol–water partition coefficient (Wildman–Crippen LogP) is 1.60. The van der Waals surface area contributed by atoms with Crippen molar-refractivity contribution in [1.82, 2.24) is 9.97 Å². The van der Waals surface area contributed by atoms with Crippen LogP contribution in [-0.4, -0.2) is 40.5 Å². The molecule has 0 bridgehead atoms. The predicted molar refractivity (Wildman–Crippen MR) is 75.4 cm³/mol. The lowest BCUT2D eigenvalue weighted by Crippen LogP contribution is -2.25. The average Bonchev–Trinajstić information content (AvgIpc) is 2.94. The highest BCUT2D eigenvalue weighted by atomic mass is 16.3. The Kier molecular flexibility index (Phi) is 2.82. The molecule has 1 aromatic heterocycles. The van der Waals surface area contributed by atoms with Gasteiger partial charge in [0.25, 0.3) is 0 Å². The molecule has 1 aromatic rings. The van der Waals surface area contributed by atoms with Crippen LogP contribution >= 0.6 is 0 Å². The summed E-state index contributed by atoms with van der Waals surface area (Å²) in [4.78, 5) is 15.9. The molecule has 3 heterocycles. The van der Waals surface area contributed by atoms with E-state index < -0.39 is 0 Å². The number of nitrogens with zero attached hydrogens (tertiary/aromatic N) is 4. The minimum absolute atomic E-state index is 0.0787. The van der Waals surface area contributed by atoms with Crippen molar-refractivity contribution in [2.45, 2.75) is 45.1 Å². The molecule has 0 saturated carbocycles. The van der Waals surface area contributed by atoms with Crippen LogP contribution in [0.5, 0.6) is 0 Å². The molecular formula is C14H20N4O. The van der Waals surface area contributed by atoms with E-state index in [4.69, 9.17) is 4.98 Å². The van der Waals surface area contributed by atoms with Crippen LogP contribution in [0.25, 0.3) is 0 Å². The summed E-state index contributed by atoms with van der Waals surface area (Å²) < 4.78 is 0. The maximum Gasteiger partial charge on any atom is 0.158 e. The van der Waals surface area contributed by atoms with Crippen molar-refractivity contribution >= 4 is 17.7 Å². The van der Waals surface area contributed by atoms with Gasteiger partial charge in [-0.2, -0.15) is 0 Å². The highest BCUT2D eigenvalue weighted by molar-refractivity contribution is 5.81. The van der Waals surface area contributed by atoms with E-state index in [0.717, 1.165) is 42.4 Å². The van der Waals surface area contributed by atoms with Gasteiger partial charge in [-0.15, -0.1) is 0 Å². The standard InChI is InChI=1S/C14H20N4O/c1-14(2,3)13-16-10-4-6-15-11(10)12(17-13)18-7-5-9(19)8-18/h6,9,19H,4-5,7-8H2,1-3H3/t9-/m0/s1. The number of aliphatic hydroxyl groups excluding tert-OH is 1. The quantitative estimate of drug-likeness (QED) is 0.833. The van der Waals surface area contributed by atoms with Crippen LogP contribution in [0.15, 0.2) is 4.99 Å². The Hall–Kier alpha value is -1.49. The maximum absolute atomic E-state index is 9.72. The van der Waals surface area contributed by atoms with Gasteiger partial charge < -0.3 is 10.0 Å². The number of β-amino-alcohol motifs (C(OH)–C–C–N with tert-alkyl or cyclic N) is 1. The lowest BCUT2D eigenvalue weighted by Gasteiger charge is -2.23. The first-order chi connectivity index (χ1) is 8.95. The molecule has 1 N–H and O–H groups in total. The number of aliphatic imine (C=N–C) groups is 1. The average molecular weight is 260 g/mol. The SMILES string of the molecule is CC(C)(C)c1nc2c(c(N3CC[C@H](O)C3)n1)N=CC2. The first kappa shape index (κ1) is 12.5. The van der Waals surface area contributed by atoms with Gasteiger partial charge in [0.05, 0.1) is 11.8 Å². The van der Waals surface area contributed by atoms with Gasteiger partial charge >= 0.3 is 0 Å². The van der Waals surface area contributed by atoms with Crippen LogP contribution in [0.2, 0.25) is 0 Å². The Labute approximate surface area is 113 Å². The number of hydrogen-bond acceptors (Lipinski definition) is 5. The molecular weight excluding hydrogens is 240 g/mol. The van der Waals surface area contributed by atoms with Gasteiger partial charge in [0.2, 0.25) is 0 Å². The summed E-state index contributed by atoms with van der Waals surface area (Å²) in [7, 11) is 0. The molecule has 2 aliphatic heterocycles. The Balaban J connectivity index is 2.07. The molecule has 1 fully saturated rings. The maximum atomic E-state index is 9.72. The summed E-state index contributed by atoms with van der Waals surface area (Å²) in [5.41, 5.74) is 1.82. The zero-order valence-electron chi connectivity index (χ0n) is 11.7. The Morgan fingerprint density at radius 1 is 1.32 bits per heavy atom. The third-order valence-corrected chi connectivity index (χ3v) is 3.58. The fourth-order valence-corrected chi connectivity index (χ4v) is 2.48. The zero-order valence-corrected chi connectivity index (χ0v) is 11.7. The summed E-state index contributed by atoms with van der Waals surface area (Å²) in [6, 6.07) is 0. The van der Waals surface area contributed by atoms with Gasteiger partial charge in [0, 0.05) is 31.1 Å². The molecule has 0 amide bonds. The third kappa shape index (κ3) is 2.23. The number of anilines is 1. The molecule has 5 heteroatoms. The van der Waals surface area contributed by atoms with Crippen LogP contribution < -0.4 is 4.90 Å². The molecule has 0 unspecified atom stereocenters. The summed E-state index contributed by atoms with van der Waals surface area (Å²) in [5, 5.41) is 9.72. The van der Waals surface area contributed by atoms with Gasteiger partial charge in [-0.1, -0.05) is 20.8 Å². The van der Waals surface area contributed by atoms with Gasteiger partial charge in [0.1, 0.15) is 11.5 Å². The van der Waals surface area contributed by atoms with E-state index >= 15 is 0 Å². The second-order valence-corrected chi connectivity index (χ2v) is 6.32. The van der Waals surface area contributed by atoms with Gasteiger partial charge in [0.15, 0.2) is 5.82 Å². The Morgan fingerprint density at radius 2 is 2.11 bits per heavy atom. The van der Waals surface area contributed by atoms with Crippen LogP contribution in [0, 0.1) is 0 Å². The summed E-state index contributed by atoms with van der Waals surface area (Å²) in [5.74, 6) is 1.74.